The molecule has 0 spiro atoms. The zero-order valence-corrected chi connectivity index (χ0v) is 10.1. The van der Waals surface area contributed by atoms with E-state index in [-0.39, 0.29) is 5.92 Å². The van der Waals surface area contributed by atoms with Crippen LogP contribution in [-0.2, 0) is 4.79 Å². The van der Waals surface area contributed by atoms with Crippen molar-refractivity contribution < 1.29 is 9.90 Å². The summed E-state index contributed by atoms with van der Waals surface area (Å²) in [6.45, 7) is 4.66. The van der Waals surface area contributed by atoms with Gasteiger partial charge in [-0.25, -0.2) is 0 Å². The highest BCUT2D eigenvalue weighted by Crippen LogP contribution is 2.54. The summed E-state index contributed by atoms with van der Waals surface area (Å²) >= 11 is 0. The second-order valence-corrected chi connectivity index (χ2v) is 6.26. The van der Waals surface area contributed by atoms with E-state index in [2.05, 4.69) is 18.7 Å². The molecule has 4 unspecified atom stereocenters. The van der Waals surface area contributed by atoms with E-state index in [4.69, 9.17) is 0 Å². The monoisotopic (exact) mass is 223 g/mol. The van der Waals surface area contributed by atoms with Crippen molar-refractivity contribution in [3.05, 3.63) is 0 Å². The third kappa shape index (κ3) is 1.33. The minimum Gasteiger partial charge on any atom is -0.481 e. The van der Waals surface area contributed by atoms with Crippen molar-refractivity contribution in [2.24, 2.45) is 11.3 Å². The smallest absolute Gasteiger partial charge is 0.308 e. The van der Waals surface area contributed by atoms with Crippen LogP contribution in [0.1, 0.15) is 46.0 Å². The Morgan fingerprint density at radius 2 is 2.12 bits per heavy atom. The van der Waals surface area contributed by atoms with Crippen LogP contribution in [0.3, 0.4) is 0 Å². The minimum atomic E-state index is -0.578. The van der Waals surface area contributed by atoms with Gasteiger partial charge in [0.15, 0.2) is 0 Å². The third-order valence-electron chi connectivity index (χ3n) is 5.40. The van der Waals surface area contributed by atoms with Crippen LogP contribution < -0.4 is 0 Å². The summed E-state index contributed by atoms with van der Waals surface area (Å²) in [4.78, 5) is 13.7. The van der Waals surface area contributed by atoms with Crippen LogP contribution in [0.5, 0.6) is 0 Å². The van der Waals surface area contributed by atoms with Crippen LogP contribution >= 0.6 is 0 Å². The van der Waals surface area contributed by atoms with Crippen LogP contribution in [0, 0.1) is 11.3 Å². The third-order valence-corrected chi connectivity index (χ3v) is 5.40. The quantitative estimate of drug-likeness (QED) is 0.796. The number of carboxylic acid groups (broad SMARTS) is 1. The molecule has 3 aliphatic rings. The van der Waals surface area contributed by atoms with Gasteiger partial charge in [-0.1, -0.05) is 6.92 Å². The summed E-state index contributed by atoms with van der Waals surface area (Å²) in [5, 5.41) is 9.23. The summed E-state index contributed by atoms with van der Waals surface area (Å²) in [7, 11) is 0. The molecule has 2 saturated heterocycles. The first kappa shape index (κ1) is 10.6. The van der Waals surface area contributed by atoms with Gasteiger partial charge in [-0.2, -0.15) is 0 Å². The molecule has 4 atom stereocenters. The molecule has 90 valence electrons. The number of carboxylic acids is 1. The average molecular weight is 223 g/mol. The predicted molar refractivity (Wildman–Crippen MR) is 61.2 cm³/mol. The summed E-state index contributed by atoms with van der Waals surface area (Å²) in [6, 6.07) is 1.46. The summed E-state index contributed by atoms with van der Waals surface area (Å²) < 4.78 is 0. The lowest BCUT2D eigenvalue weighted by molar-refractivity contribution is -0.142. The zero-order valence-electron chi connectivity index (χ0n) is 10.1. The van der Waals surface area contributed by atoms with E-state index in [1.54, 1.807) is 0 Å². The van der Waals surface area contributed by atoms with Crippen molar-refractivity contribution in [3.63, 3.8) is 0 Å². The van der Waals surface area contributed by atoms with Gasteiger partial charge in [-0.05, 0) is 44.4 Å². The Bertz CT molecular complexity index is 324. The van der Waals surface area contributed by atoms with Crippen molar-refractivity contribution in [1.82, 2.24) is 4.90 Å². The molecule has 3 rings (SSSR count). The summed E-state index contributed by atoms with van der Waals surface area (Å²) in [5.41, 5.74) is 0.480. The van der Waals surface area contributed by atoms with Gasteiger partial charge in [0.1, 0.15) is 0 Å². The van der Waals surface area contributed by atoms with Crippen molar-refractivity contribution in [2.45, 2.75) is 64.1 Å². The van der Waals surface area contributed by atoms with Crippen LogP contribution in [-0.4, -0.2) is 34.1 Å². The topological polar surface area (TPSA) is 40.5 Å². The summed E-state index contributed by atoms with van der Waals surface area (Å²) in [5.74, 6) is -0.672. The molecule has 2 bridgehead atoms. The van der Waals surface area contributed by atoms with Gasteiger partial charge in [-0.3, -0.25) is 9.69 Å². The normalized spacial score (nSPS) is 42.2. The van der Waals surface area contributed by atoms with Gasteiger partial charge in [0.25, 0.3) is 0 Å². The molecule has 0 aromatic heterocycles. The molecule has 1 saturated carbocycles. The second kappa shape index (κ2) is 3.22. The average Bonchev–Trinajstić information content (AvgIpc) is 2.76. The molecule has 2 aliphatic heterocycles. The fourth-order valence-corrected chi connectivity index (χ4v) is 3.87. The molecule has 3 nitrogen and oxygen atoms in total. The molecule has 1 aliphatic carbocycles. The molecule has 16 heavy (non-hydrogen) atoms. The van der Waals surface area contributed by atoms with Crippen LogP contribution in [0.25, 0.3) is 0 Å². The molecular formula is C13H21NO2. The number of aliphatic carboxylic acids is 1. The number of hydrogen-bond acceptors (Lipinski definition) is 2. The maximum Gasteiger partial charge on any atom is 0.308 e. The lowest BCUT2D eigenvalue weighted by Crippen LogP contribution is -2.43. The molecule has 0 aromatic carbocycles. The van der Waals surface area contributed by atoms with E-state index in [1.807, 2.05) is 0 Å². The van der Waals surface area contributed by atoms with Crippen LogP contribution in [0.4, 0.5) is 0 Å². The van der Waals surface area contributed by atoms with Gasteiger partial charge < -0.3 is 5.11 Å². The fourth-order valence-electron chi connectivity index (χ4n) is 3.87. The molecule has 0 radical (unpaired) electrons. The van der Waals surface area contributed by atoms with Crippen molar-refractivity contribution in [1.29, 1.82) is 0 Å². The van der Waals surface area contributed by atoms with Gasteiger partial charge in [-0.15, -0.1) is 0 Å². The standard InChI is InChI=1S/C13H21NO2/c1-8(13(2)5-6-13)14-9-3-4-11(14)10(7-9)12(15)16/h8-11H,3-7H2,1-2H3,(H,15,16). The van der Waals surface area contributed by atoms with Crippen molar-refractivity contribution in [3.8, 4) is 0 Å². The Morgan fingerprint density at radius 3 is 2.62 bits per heavy atom. The molecule has 1 N–H and O–H groups in total. The SMILES string of the molecule is CC(N1C2CCC1C(C(=O)O)C2)C1(C)CC1. The first-order valence-corrected chi connectivity index (χ1v) is 6.53. The highest BCUT2D eigenvalue weighted by Gasteiger charge is 2.56. The first-order valence-electron chi connectivity index (χ1n) is 6.53. The fraction of sp³-hybridized carbons (Fsp3) is 0.923. The van der Waals surface area contributed by atoms with E-state index >= 15 is 0 Å². The molecular weight excluding hydrogens is 202 g/mol. The Balaban J connectivity index is 1.80. The number of hydrogen-bond donors (Lipinski definition) is 1. The van der Waals surface area contributed by atoms with E-state index in [0.717, 1.165) is 12.8 Å². The van der Waals surface area contributed by atoms with E-state index < -0.39 is 5.97 Å². The highest BCUT2D eigenvalue weighted by atomic mass is 16.4. The molecule has 0 amide bonds. The van der Waals surface area contributed by atoms with Crippen molar-refractivity contribution >= 4 is 5.97 Å². The van der Waals surface area contributed by atoms with Gasteiger partial charge in [0, 0.05) is 18.1 Å². The first-order chi connectivity index (χ1) is 7.53. The van der Waals surface area contributed by atoms with Crippen molar-refractivity contribution in [2.75, 3.05) is 0 Å². The van der Waals surface area contributed by atoms with E-state index in [9.17, 15) is 9.90 Å². The van der Waals surface area contributed by atoms with Gasteiger partial charge >= 0.3 is 5.97 Å². The lowest BCUT2D eigenvalue weighted by atomic mass is 9.89. The van der Waals surface area contributed by atoms with Crippen LogP contribution in [0.15, 0.2) is 0 Å². The Hall–Kier alpha value is -0.570. The maximum atomic E-state index is 11.2. The number of nitrogens with zero attached hydrogens (tertiary/aromatic N) is 1. The van der Waals surface area contributed by atoms with E-state index in [0.29, 0.717) is 23.5 Å². The van der Waals surface area contributed by atoms with Gasteiger partial charge in [0.2, 0.25) is 0 Å². The highest BCUT2D eigenvalue weighted by molar-refractivity contribution is 5.71. The Kier molecular flexibility index (Phi) is 2.13. The zero-order chi connectivity index (χ0) is 11.5. The van der Waals surface area contributed by atoms with Gasteiger partial charge in [0.05, 0.1) is 5.92 Å². The Labute approximate surface area is 96.8 Å². The van der Waals surface area contributed by atoms with E-state index in [1.165, 1.54) is 19.3 Å². The van der Waals surface area contributed by atoms with Crippen LogP contribution in [0.2, 0.25) is 0 Å². The number of carbonyl (C=O) groups is 1. The molecule has 0 aromatic rings. The molecule has 3 heteroatoms. The predicted octanol–water partition coefficient (Wildman–Crippen LogP) is 2.11. The molecule has 2 heterocycles. The number of rotatable bonds is 3. The maximum absolute atomic E-state index is 11.2. The lowest BCUT2D eigenvalue weighted by Gasteiger charge is -2.34. The Morgan fingerprint density at radius 1 is 1.44 bits per heavy atom. The molecule has 3 fully saturated rings. The largest absolute Gasteiger partial charge is 0.481 e. The second-order valence-electron chi connectivity index (χ2n) is 6.26. The number of fused-ring (bicyclic) bond motifs is 2. The summed E-state index contributed by atoms with van der Waals surface area (Å²) in [6.07, 6.45) is 5.85. The minimum absolute atomic E-state index is 0.0939.